The van der Waals surface area contributed by atoms with Crippen LogP contribution < -0.4 is 10.2 Å². The van der Waals surface area contributed by atoms with Gasteiger partial charge in [0.15, 0.2) is 5.82 Å². The summed E-state index contributed by atoms with van der Waals surface area (Å²) in [7, 11) is 0. The molecule has 156 valence electrons. The second kappa shape index (κ2) is 8.36. The second-order valence-corrected chi connectivity index (χ2v) is 7.21. The molecule has 7 nitrogen and oxygen atoms in total. The zero-order valence-electron chi connectivity index (χ0n) is 15.5. The molecular weight excluding hydrogens is 419 g/mol. The molecule has 0 aliphatic carbocycles. The Balaban J connectivity index is 1.42. The van der Waals surface area contributed by atoms with E-state index >= 15 is 0 Å². The van der Waals surface area contributed by atoms with Gasteiger partial charge in [-0.2, -0.15) is 22.5 Å². The first kappa shape index (κ1) is 20.2. The van der Waals surface area contributed by atoms with Gasteiger partial charge in [-0.3, -0.25) is 15.1 Å². The third-order valence-corrected chi connectivity index (χ3v) is 5.10. The number of halogens is 3. The summed E-state index contributed by atoms with van der Waals surface area (Å²) in [6.45, 7) is 2.96. The van der Waals surface area contributed by atoms with E-state index in [1.54, 1.807) is 12.3 Å². The van der Waals surface area contributed by atoms with Crippen LogP contribution in [0, 0.1) is 0 Å². The molecule has 0 spiro atoms. The van der Waals surface area contributed by atoms with Gasteiger partial charge in [0.25, 0.3) is 5.91 Å². The summed E-state index contributed by atoms with van der Waals surface area (Å²) in [6, 6.07) is 7.68. The van der Waals surface area contributed by atoms with E-state index in [4.69, 9.17) is 4.74 Å². The number of benzene rings is 1. The molecule has 1 aromatic carbocycles. The van der Waals surface area contributed by atoms with Crippen molar-refractivity contribution in [1.82, 2.24) is 14.3 Å². The summed E-state index contributed by atoms with van der Waals surface area (Å²) >= 11 is 0.967. The molecule has 0 radical (unpaired) electrons. The lowest BCUT2D eigenvalue weighted by molar-refractivity contribution is -0.137. The first-order chi connectivity index (χ1) is 14.4. The van der Waals surface area contributed by atoms with Gasteiger partial charge >= 0.3 is 6.18 Å². The Morgan fingerprint density at radius 1 is 1.10 bits per heavy atom. The number of pyridine rings is 1. The lowest BCUT2D eigenvalue weighted by Crippen LogP contribution is -2.36. The number of morpholine rings is 1. The predicted octanol–water partition coefficient (Wildman–Crippen LogP) is 3.71. The van der Waals surface area contributed by atoms with Gasteiger partial charge in [0.2, 0.25) is 5.13 Å². The molecule has 2 aromatic heterocycles. The number of carbonyl (C=O) groups excluding carboxylic acids is 1. The van der Waals surface area contributed by atoms with Gasteiger partial charge < -0.3 is 9.64 Å². The van der Waals surface area contributed by atoms with Crippen LogP contribution in [0.15, 0.2) is 42.6 Å². The summed E-state index contributed by atoms with van der Waals surface area (Å²) < 4.78 is 47.4. The van der Waals surface area contributed by atoms with Crippen molar-refractivity contribution in [3.8, 4) is 11.5 Å². The number of nitrogens with one attached hydrogen (secondary N) is 1. The van der Waals surface area contributed by atoms with Crippen molar-refractivity contribution >= 4 is 28.3 Å². The smallest absolute Gasteiger partial charge is 0.378 e. The fourth-order valence-electron chi connectivity index (χ4n) is 2.89. The van der Waals surface area contributed by atoms with E-state index in [0.29, 0.717) is 24.7 Å². The van der Waals surface area contributed by atoms with Crippen molar-refractivity contribution in [3.63, 3.8) is 0 Å². The van der Waals surface area contributed by atoms with Crippen LogP contribution in [0.5, 0.6) is 0 Å². The van der Waals surface area contributed by atoms with E-state index < -0.39 is 17.6 Å². The molecule has 0 unspecified atom stereocenters. The molecule has 1 fully saturated rings. The largest absolute Gasteiger partial charge is 0.416 e. The Hall–Kier alpha value is -3.05. The number of amides is 1. The minimum absolute atomic E-state index is 0.0905. The van der Waals surface area contributed by atoms with Gasteiger partial charge in [-0.1, -0.05) is 0 Å². The van der Waals surface area contributed by atoms with Crippen molar-refractivity contribution in [2.75, 3.05) is 36.5 Å². The van der Waals surface area contributed by atoms with Crippen molar-refractivity contribution < 1.29 is 22.7 Å². The Bertz CT molecular complexity index is 1020. The van der Waals surface area contributed by atoms with Gasteiger partial charge in [-0.25, -0.2) is 0 Å². The van der Waals surface area contributed by atoms with Gasteiger partial charge in [0, 0.05) is 30.2 Å². The van der Waals surface area contributed by atoms with E-state index in [1.165, 1.54) is 0 Å². The van der Waals surface area contributed by atoms with E-state index in [2.05, 4.69) is 24.6 Å². The van der Waals surface area contributed by atoms with Gasteiger partial charge in [-0.15, -0.1) is 0 Å². The number of anilines is 2. The average Bonchev–Trinajstić information content (AvgIpc) is 3.22. The Morgan fingerprint density at radius 2 is 1.83 bits per heavy atom. The monoisotopic (exact) mass is 435 g/mol. The van der Waals surface area contributed by atoms with Crippen molar-refractivity contribution in [1.29, 1.82) is 0 Å². The lowest BCUT2D eigenvalue weighted by atomic mass is 10.1. The number of hydrogen-bond donors (Lipinski definition) is 1. The molecule has 1 aliphatic heterocycles. The van der Waals surface area contributed by atoms with E-state index in [1.807, 2.05) is 6.07 Å². The molecule has 3 aromatic rings. The maximum Gasteiger partial charge on any atom is 0.416 e. The van der Waals surface area contributed by atoms with Crippen molar-refractivity contribution in [2.45, 2.75) is 6.18 Å². The number of nitrogens with zero attached hydrogens (tertiary/aromatic N) is 4. The fraction of sp³-hybridized carbons (Fsp3) is 0.263. The molecule has 0 bridgehead atoms. The highest BCUT2D eigenvalue weighted by Crippen LogP contribution is 2.29. The van der Waals surface area contributed by atoms with Crippen molar-refractivity contribution in [3.05, 3.63) is 53.7 Å². The number of alkyl halides is 3. The van der Waals surface area contributed by atoms with Crippen LogP contribution in [0.25, 0.3) is 11.5 Å². The molecule has 11 heteroatoms. The molecule has 1 saturated heterocycles. The van der Waals surface area contributed by atoms with Crippen LogP contribution in [-0.2, 0) is 10.9 Å². The summed E-state index contributed by atoms with van der Waals surface area (Å²) in [5.41, 5.74) is 0.808. The zero-order valence-corrected chi connectivity index (χ0v) is 16.3. The topological polar surface area (TPSA) is 80.2 Å². The number of ether oxygens (including phenoxy) is 1. The normalized spacial score (nSPS) is 14.6. The predicted molar refractivity (Wildman–Crippen MR) is 106 cm³/mol. The molecule has 0 saturated carbocycles. The SMILES string of the molecule is O=C(Nc1nc(-c2ccc(N3CCOCC3)cn2)ns1)c1ccc(C(F)(F)F)cc1. The van der Waals surface area contributed by atoms with Crippen LogP contribution in [0.2, 0.25) is 0 Å². The molecule has 30 heavy (non-hydrogen) atoms. The molecule has 1 aliphatic rings. The summed E-state index contributed by atoms with van der Waals surface area (Å²) in [4.78, 5) is 23.1. The van der Waals surface area contributed by atoms with E-state index in [-0.39, 0.29) is 10.7 Å². The van der Waals surface area contributed by atoms with E-state index in [0.717, 1.165) is 54.6 Å². The van der Waals surface area contributed by atoms with Crippen LogP contribution in [0.4, 0.5) is 24.0 Å². The number of aromatic nitrogens is 3. The second-order valence-electron chi connectivity index (χ2n) is 6.45. The van der Waals surface area contributed by atoms with Crippen LogP contribution in [0.1, 0.15) is 15.9 Å². The maximum absolute atomic E-state index is 12.6. The third kappa shape index (κ3) is 4.57. The Labute approximate surface area is 173 Å². The third-order valence-electron chi connectivity index (χ3n) is 4.47. The van der Waals surface area contributed by atoms with Crippen molar-refractivity contribution in [2.24, 2.45) is 0 Å². The first-order valence-electron chi connectivity index (χ1n) is 9.01. The highest BCUT2D eigenvalue weighted by molar-refractivity contribution is 7.10. The fourth-order valence-corrected chi connectivity index (χ4v) is 3.46. The minimum atomic E-state index is -4.45. The number of carbonyl (C=O) groups is 1. The van der Waals surface area contributed by atoms with Gasteiger partial charge in [-0.05, 0) is 36.4 Å². The average molecular weight is 435 g/mol. The number of hydrogen-bond acceptors (Lipinski definition) is 7. The summed E-state index contributed by atoms with van der Waals surface area (Å²) in [6.07, 6.45) is -2.71. The summed E-state index contributed by atoms with van der Waals surface area (Å²) in [5.74, 6) is -0.210. The molecule has 1 amide bonds. The molecule has 3 heterocycles. The highest BCUT2D eigenvalue weighted by Gasteiger charge is 2.30. The lowest BCUT2D eigenvalue weighted by Gasteiger charge is -2.28. The first-order valence-corrected chi connectivity index (χ1v) is 9.79. The van der Waals surface area contributed by atoms with Crippen LogP contribution in [-0.4, -0.2) is 46.6 Å². The quantitative estimate of drug-likeness (QED) is 0.673. The Kier molecular flexibility index (Phi) is 5.64. The molecular formula is C19H16F3N5O2S. The van der Waals surface area contributed by atoms with Gasteiger partial charge in [0.05, 0.1) is 30.7 Å². The maximum atomic E-state index is 12.6. The summed E-state index contributed by atoms with van der Waals surface area (Å²) in [5, 5.41) is 2.77. The minimum Gasteiger partial charge on any atom is -0.378 e. The van der Waals surface area contributed by atoms with Crippen LogP contribution >= 0.6 is 11.5 Å². The standard InChI is InChI=1S/C19H16F3N5O2S/c20-19(21,22)13-3-1-12(2-4-13)17(28)25-18-24-16(26-30-18)15-6-5-14(11-23-15)27-7-9-29-10-8-27/h1-6,11H,7-10H2,(H,24,25,26,28). The molecule has 4 rings (SSSR count). The van der Waals surface area contributed by atoms with E-state index in [9.17, 15) is 18.0 Å². The Morgan fingerprint density at radius 3 is 2.47 bits per heavy atom. The molecule has 0 atom stereocenters. The van der Waals surface area contributed by atoms with Crippen LogP contribution in [0.3, 0.4) is 0 Å². The highest BCUT2D eigenvalue weighted by atomic mass is 32.1. The van der Waals surface area contributed by atoms with Gasteiger partial charge in [0.1, 0.15) is 5.69 Å². The zero-order chi connectivity index (χ0) is 21.1. The number of rotatable bonds is 4. The molecule has 1 N–H and O–H groups in total.